The molecule has 0 radical (unpaired) electrons. The first-order valence-electron chi connectivity index (χ1n) is 10.4. The van der Waals surface area contributed by atoms with Crippen molar-refractivity contribution in [3.63, 3.8) is 0 Å². The van der Waals surface area contributed by atoms with Crippen molar-refractivity contribution < 1.29 is 9.23 Å². The zero-order valence-corrected chi connectivity index (χ0v) is 16.9. The van der Waals surface area contributed by atoms with Gasteiger partial charge in [-0.2, -0.15) is 5.10 Å². The van der Waals surface area contributed by atoms with Gasteiger partial charge >= 0.3 is 0 Å². The summed E-state index contributed by atoms with van der Waals surface area (Å²) in [5, 5.41) is 12.2. The van der Waals surface area contributed by atoms with Crippen LogP contribution in [0.1, 0.15) is 47.3 Å². The smallest absolute Gasteiger partial charge is 0.123 e. The van der Waals surface area contributed by atoms with E-state index in [-0.39, 0.29) is 5.82 Å². The number of nitrogens with one attached hydrogen (secondary N) is 1. The molecule has 1 fully saturated rings. The topological polar surface area (TPSA) is 50.3 Å². The molecule has 2 aliphatic carbocycles. The maximum atomic E-state index is 14.2. The van der Waals surface area contributed by atoms with Gasteiger partial charge in [0, 0.05) is 29.0 Å². The van der Waals surface area contributed by atoms with Crippen LogP contribution in [0.15, 0.2) is 65.8 Å². The minimum Gasteiger partial charge on any atom is -0.399 e. The van der Waals surface area contributed by atoms with Gasteiger partial charge in [-0.3, -0.25) is 5.10 Å². The minimum atomic E-state index is -0.463. The minimum absolute atomic E-state index is 0.230. The largest absolute Gasteiger partial charge is 0.399 e. The summed E-state index contributed by atoms with van der Waals surface area (Å²) in [5.74, 6) is 0.168. The maximum Gasteiger partial charge on any atom is 0.123 e. The highest BCUT2D eigenvalue weighted by molar-refractivity contribution is 6.04. The third-order valence-corrected chi connectivity index (χ3v) is 6.43. The van der Waals surface area contributed by atoms with Crippen molar-refractivity contribution in [3.05, 3.63) is 94.6 Å². The molecule has 2 aromatic carbocycles. The summed E-state index contributed by atoms with van der Waals surface area (Å²) in [4.78, 5) is 5.14. The molecule has 4 nitrogen and oxygen atoms in total. The lowest BCUT2D eigenvalue weighted by molar-refractivity contribution is 0.208. The Balaban J connectivity index is 1.62. The predicted molar refractivity (Wildman–Crippen MR) is 116 cm³/mol. The number of hydrogen-bond acceptors (Lipinski definition) is 3. The number of hydrogen-bond donors (Lipinski definition) is 1. The molecule has 0 saturated heterocycles. The van der Waals surface area contributed by atoms with E-state index in [0.717, 1.165) is 46.6 Å². The van der Waals surface area contributed by atoms with E-state index in [9.17, 15) is 4.39 Å². The molecule has 1 N–H and O–H groups in total. The summed E-state index contributed by atoms with van der Waals surface area (Å²) >= 11 is 0. The van der Waals surface area contributed by atoms with Crippen molar-refractivity contribution in [3.8, 4) is 0 Å². The van der Waals surface area contributed by atoms with E-state index >= 15 is 0 Å². The van der Waals surface area contributed by atoms with Crippen LogP contribution in [0, 0.1) is 11.7 Å². The van der Waals surface area contributed by atoms with Crippen LogP contribution in [0.4, 0.5) is 4.39 Å². The summed E-state index contributed by atoms with van der Waals surface area (Å²) in [6, 6.07) is 17.1. The van der Waals surface area contributed by atoms with Crippen molar-refractivity contribution >= 4 is 11.8 Å². The third kappa shape index (κ3) is 3.05. The van der Waals surface area contributed by atoms with E-state index in [1.165, 1.54) is 12.5 Å². The molecule has 0 bridgehead atoms. The maximum absolute atomic E-state index is 14.2. The van der Waals surface area contributed by atoms with Crippen LogP contribution in [-0.4, -0.2) is 23.0 Å². The van der Waals surface area contributed by atoms with Gasteiger partial charge in [-0.15, -0.1) is 0 Å². The lowest BCUT2D eigenvalue weighted by Gasteiger charge is -2.34. The number of allylic oxidation sites excluding steroid dienone is 1. The van der Waals surface area contributed by atoms with E-state index in [1.807, 2.05) is 24.3 Å². The van der Waals surface area contributed by atoms with Crippen molar-refractivity contribution in [2.24, 2.45) is 11.1 Å². The van der Waals surface area contributed by atoms with Gasteiger partial charge in [0.1, 0.15) is 24.3 Å². The van der Waals surface area contributed by atoms with Crippen LogP contribution >= 0.6 is 0 Å². The second-order valence-electron chi connectivity index (χ2n) is 8.11. The Morgan fingerprint density at radius 2 is 1.93 bits per heavy atom. The number of H-pyrrole nitrogens is 1. The van der Waals surface area contributed by atoms with Crippen LogP contribution in [0.2, 0.25) is 0 Å². The number of halogens is 1. The number of benzene rings is 2. The summed E-state index contributed by atoms with van der Waals surface area (Å²) < 4.78 is 14.2. The van der Waals surface area contributed by atoms with Gasteiger partial charge in [0.15, 0.2) is 0 Å². The first-order chi connectivity index (χ1) is 14.7. The van der Waals surface area contributed by atoms with Crippen LogP contribution in [0.3, 0.4) is 0 Å². The van der Waals surface area contributed by atoms with E-state index in [2.05, 4.69) is 39.6 Å². The van der Waals surface area contributed by atoms with E-state index in [0.29, 0.717) is 12.3 Å². The fourth-order valence-electron chi connectivity index (χ4n) is 4.62. The number of aromatic nitrogens is 2. The quantitative estimate of drug-likeness (QED) is 0.469. The van der Waals surface area contributed by atoms with E-state index < -0.39 is 5.41 Å². The SMILES string of the molecule is CO/N=C(/c1n[nH]c2c1C=CC(c1ccccc1)(c1cccc(F)c1)C2)C1CCC1. The van der Waals surface area contributed by atoms with E-state index in [4.69, 9.17) is 4.84 Å². The van der Waals surface area contributed by atoms with Gasteiger partial charge in [-0.1, -0.05) is 66.2 Å². The average Bonchev–Trinajstić information content (AvgIpc) is 3.15. The van der Waals surface area contributed by atoms with Crippen LogP contribution in [-0.2, 0) is 16.7 Å². The summed E-state index contributed by atoms with van der Waals surface area (Å²) in [6.45, 7) is 0. The zero-order chi connectivity index (χ0) is 20.6. The van der Waals surface area contributed by atoms with Gasteiger partial charge in [0.05, 0.1) is 0 Å². The second kappa shape index (κ2) is 7.56. The Labute approximate surface area is 175 Å². The molecule has 30 heavy (non-hydrogen) atoms. The molecule has 1 unspecified atom stereocenters. The number of aromatic amines is 1. The highest BCUT2D eigenvalue weighted by Gasteiger charge is 2.38. The first kappa shape index (κ1) is 18.8. The molecule has 1 saturated carbocycles. The highest BCUT2D eigenvalue weighted by Crippen LogP contribution is 2.42. The number of fused-ring (bicyclic) bond motifs is 1. The molecule has 0 spiro atoms. The highest BCUT2D eigenvalue weighted by atomic mass is 19.1. The molecule has 1 aromatic heterocycles. The Hall–Kier alpha value is -3.21. The van der Waals surface area contributed by atoms with Crippen LogP contribution < -0.4 is 0 Å². The molecule has 3 aromatic rings. The first-order valence-corrected chi connectivity index (χ1v) is 10.4. The standard InChI is InChI=1S/C25H24FN3O/c1-30-29-23(17-7-5-8-17)24-21-13-14-25(16-22(21)27-28-24,18-9-3-2-4-10-18)19-11-6-12-20(26)15-19/h2-4,6,9-15,17H,5,7-8,16H2,1H3,(H,27,28)/b29-23+. The van der Waals surface area contributed by atoms with Gasteiger partial charge < -0.3 is 4.84 Å². The van der Waals surface area contributed by atoms with Crippen molar-refractivity contribution in [1.82, 2.24) is 10.2 Å². The number of rotatable bonds is 5. The fraction of sp³-hybridized carbons (Fsp3) is 0.280. The fourth-order valence-corrected chi connectivity index (χ4v) is 4.62. The Morgan fingerprint density at radius 1 is 1.13 bits per heavy atom. The molecular formula is C25H24FN3O. The lowest BCUT2D eigenvalue weighted by Crippen LogP contribution is -2.31. The normalized spacial score (nSPS) is 21.2. The number of oxime groups is 1. The van der Waals surface area contributed by atoms with Gasteiger partial charge in [0.2, 0.25) is 0 Å². The molecule has 0 amide bonds. The molecule has 5 heteroatoms. The summed E-state index contributed by atoms with van der Waals surface area (Å²) in [5.41, 5.74) is 5.46. The average molecular weight is 401 g/mol. The Bertz CT molecular complexity index is 1110. The molecule has 1 atom stereocenters. The van der Waals surface area contributed by atoms with Gasteiger partial charge in [-0.25, -0.2) is 4.39 Å². The third-order valence-electron chi connectivity index (χ3n) is 6.43. The van der Waals surface area contributed by atoms with Crippen LogP contribution in [0.25, 0.3) is 6.08 Å². The van der Waals surface area contributed by atoms with Crippen molar-refractivity contribution in [2.45, 2.75) is 31.1 Å². The Kier molecular flexibility index (Phi) is 4.74. The second-order valence-corrected chi connectivity index (χ2v) is 8.11. The lowest BCUT2D eigenvalue weighted by atomic mass is 9.68. The Morgan fingerprint density at radius 3 is 2.63 bits per heavy atom. The molecule has 2 aliphatic rings. The van der Waals surface area contributed by atoms with Gasteiger partial charge in [-0.05, 0) is 36.1 Å². The van der Waals surface area contributed by atoms with Crippen LogP contribution in [0.5, 0.6) is 0 Å². The molecule has 1 heterocycles. The molecule has 5 rings (SSSR count). The summed E-state index contributed by atoms with van der Waals surface area (Å²) in [7, 11) is 1.58. The van der Waals surface area contributed by atoms with E-state index in [1.54, 1.807) is 19.2 Å². The summed E-state index contributed by atoms with van der Waals surface area (Å²) in [6.07, 6.45) is 8.41. The van der Waals surface area contributed by atoms with Crippen molar-refractivity contribution in [2.75, 3.05) is 7.11 Å². The number of nitrogens with zero attached hydrogens (tertiary/aromatic N) is 2. The molecule has 0 aliphatic heterocycles. The molecule has 152 valence electrons. The molecular weight excluding hydrogens is 377 g/mol. The predicted octanol–water partition coefficient (Wildman–Crippen LogP) is 5.26. The monoisotopic (exact) mass is 401 g/mol. The zero-order valence-electron chi connectivity index (χ0n) is 16.9. The van der Waals surface area contributed by atoms with Gasteiger partial charge in [0.25, 0.3) is 0 Å². The van der Waals surface area contributed by atoms with Crippen molar-refractivity contribution in [1.29, 1.82) is 0 Å².